The normalized spacial score (nSPS) is 10.7. The maximum atomic E-state index is 12.3. The molecule has 2 amide bonds. The molecule has 0 heterocycles. The predicted molar refractivity (Wildman–Crippen MR) is 145 cm³/mol. The summed E-state index contributed by atoms with van der Waals surface area (Å²) in [4.78, 5) is 27.3. The fourth-order valence-corrected chi connectivity index (χ4v) is 3.31. The van der Waals surface area contributed by atoms with E-state index in [0.29, 0.717) is 44.0 Å². The van der Waals surface area contributed by atoms with Gasteiger partial charge >= 0.3 is 6.09 Å². The summed E-state index contributed by atoms with van der Waals surface area (Å²) in [7, 11) is 0. The lowest BCUT2D eigenvalue weighted by molar-refractivity contribution is 0.0523. The predicted octanol–water partition coefficient (Wildman–Crippen LogP) is 6.04. The third kappa shape index (κ3) is 9.86. The summed E-state index contributed by atoms with van der Waals surface area (Å²) >= 11 is 0. The van der Waals surface area contributed by atoms with E-state index in [1.54, 1.807) is 24.3 Å². The van der Waals surface area contributed by atoms with E-state index in [1.807, 2.05) is 69.3 Å². The van der Waals surface area contributed by atoms with E-state index < -0.39 is 11.7 Å². The number of ether oxygens (including phenoxy) is 3. The van der Waals surface area contributed by atoms with Gasteiger partial charge in [-0.2, -0.15) is 0 Å². The number of hydrogen-bond acceptors (Lipinski definition) is 5. The van der Waals surface area contributed by atoms with Gasteiger partial charge in [-0.1, -0.05) is 48.5 Å². The molecule has 0 aromatic heterocycles. The Hall–Kier alpha value is -4.51. The molecule has 8 heteroatoms. The minimum Gasteiger partial charge on any atom is -0.493 e. The van der Waals surface area contributed by atoms with Gasteiger partial charge in [-0.3, -0.25) is 4.79 Å². The molecule has 0 atom stereocenters. The Morgan fingerprint density at radius 2 is 1.26 bits per heavy atom. The summed E-state index contributed by atoms with van der Waals surface area (Å²) < 4.78 is 16.8. The number of benzene rings is 3. The number of alkyl carbamates (subject to hydrolysis) is 1. The third-order valence-electron chi connectivity index (χ3n) is 5.22. The molecule has 0 fully saturated rings. The van der Waals surface area contributed by atoms with Gasteiger partial charge in [-0.05, 0) is 56.2 Å². The molecule has 0 bridgehead atoms. The fraction of sp³-hybridized carbons (Fsp3) is 0.300. The smallest absolute Gasteiger partial charge is 0.407 e. The zero-order valence-electron chi connectivity index (χ0n) is 22.0. The van der Waals surface area contributed by atoms with Gasteiger partial charge in [0, 0.05) is 25.1 Å². The molecule has 2 N–H and O–H groups in total. The van der Waals surface area contributed by atoms with Crippen LogP contribution >= 0.6 is 0 Å². The first-order valence-electron chi connectivity index (χ1n) is 12.4. The quantitative estimate of drug-likeness (QED) is 0.240. The summed E-state index contributed by atoms with van der Waals surface area (Å²) in [6.07, 6.45) is 0.270. The van der Waals surface area contributed by atoms with Crippen LogP contribution in [0.4, 0.5) is 10.5 Å². The first-order valence-corrected chi connectivity index (χ1v) is 12.4. The highest BCUT2D eigenvalue weighted by atomic mass is 16.6. The second-order valence-electron chi connectivity index (χ2n) is 9.54. The van der Waals surface area contributed by atoms with Crippen LogP contribution in [0.3, 0.4) is 0 Å². The van der Waals surface area contributed by atoms with E-state index in [0.717, 1.165) is 22.6 Å². The highest BCUT2D eigenvalue weighted by Gasteiger charge is 2.15. The number of rotatable bonds is 11. The van der Waals surface area contributed by atoms with Gasteiger partial charge in [0.05, 0.1) is 19.8 Å². The standard InChI is InChI=1S/C30H33N3O5/c1-30(2,3)38-29(35)33-21-23-8-16-27(17-9-23)37-19-5-18-36-26-14-6-22(7-15-26)20-32-28(34)24-10-12-25(31-4)13-11-24/h6-17H,5,18-21H2,1-3H3,(H,32,34)(H,33,35). The van der Waals surface area contributed by atoms with Crippen LogP contribution in [-0.2, 0) is 17.8 Å². The van der Waals surface area contributed by atoms with Gasteiger partial charge in [0.2, 0.25) is 0 Å². The molecule has 0 radical (unpaired) electrons. The van der Waals surface area contributed by atoms with Gasteiger partial charge in [0.15, 0.2) is 5.69 Å². The van der Waals surface area contributed by atoms with E-state index in [-0.39, 0.29) is 5.91 Å². The summed E-state index contributed by atoms with van der Waals surface area (Å²) in [6.45, 7) is 14.2. The van der Waals surface area contributed by atoms with Crippen molar-refractivity contribution in [3.05, 3.63) is 101 Å². The Bertz CT molecular complexity index is 1230. The summed E-state index contributed by atoms with van der Waals surface area (Å²) in [6, 6.07) is 21.6. The SMILES string of the molecule is [C-]#[N+]c1ccc(C(=O)NCc2ccc(OCCCOc3ccc(CNC(=O)OC(C)(C)C)cc3)cc2)cc1. The topological polar surface area (TPSA) is 90.3 Å². The van der Waals surface area contributed by atoms with Crippen molar-refractivity contribution in [2.45, 2.75) is 45.9 Å². The van der Waals surface area contributed by atoms with Crippen molar-refractivity contribution in [3.8, 4) is 11.5 Å². The van der Waals surface area contributed by atoms with Crippen LogP contribution in [0, 0.1) is 6.57 Å². The molecule has 0 spiro atoms. The van der Waals surface area contributed by atoms with Crippen molar-refractivity contribution in [1.82, 2.24) is 10.6 Å². The van der Waals surface area contributed by atoms with Gasteiger partial charge in [-0.25, -0.2) is 9.64 Å². The molecule has 0 saturated heterocycles. The monoisotopic (exact) mass is 515 g/mol. The van der Waals surface area contributed by atoms with Crippen LogP contribution in [0.15, 0.2) is 72.8 Å². The average molecular weight is 516 g/mol. The second-order valence-corrected chi connectivity index (χ2v) is 9.54. The van der Waals surface area contributed by atoms with Crippen LogP contribution in [-0.4, -0.2) is 30.8 Å². The number of hydrogen-bond donors (Lipinski definition) is 2. The first-order chi connectivity index (χ1) is 18.2. The van der Waals surface area contributed by atoms with Gasteiger partial charge in [-0.15, -0.1) is 0 Å². The van der Waals surface area contributed by atoms with Crippen molar-refractivity contribution in [2.24, 2.45) is 0 Å². The maximum Gasteiger partial charge on any atom is 0.407 e. The molecule has 3 aromatic carbocycles. The zero-order valence-corrected chi connectivity index (χ0v) is 22.0. The van der Waals surface area contributed by atoms with E-state index >= 15 is 0 Å². The van der Waals surface area contributed by atoms with Gasteiger partial charge in [0.1, 0.15) is 17.1 Å². The highest BCUT2D eigenvalue weighted by molar-refractivity contribution is 5.94. The number of nitrogens with one attached hydrogen (secondary N) is 2. The molecule has 8 nitrogen and oxygen atoms in total. The largest absolute Gasteiger partial charge is 0.493 e. The minimum atomic E-state index is -0.524. The average Bonchev–Trinajstić information content (AvgIpc) is 2.91. The van der Waals surface area contributed by atoms with Crippen LogP contribution in [0.25, 0.3) is 4.85 Å². The lowest BCUT2D eigenvalue weighted by atomic mass is 10.1. The van der Waals surface area contributed by atoms with Crippen molar-refractivity contribution in [2.75, 3.05) is 13.2 Å². The Morgan fingerprint density at radius 1 is 0.763 bits per heavy atom. The Kier molecular flexibility index (Phi) is 10.1. The number of carbonyl (C=O) groups excluding carboxylic acids is 2. The van der Waals surface area contributed by atoms with Crippen LogP contribution in [0.1, 0.15) is 48.7 Å². The van der Waals surface area contributed by atoms with E-state index in [4.69, 9.17) is 20.8 Å². The lowest BCUT2D eigenvalue weighted by Gasteiger charge is -2.19. The van der Waals surface area contributed by atoms with Crippen LogP contribution in [0.2, 0.25) is 0 Å². The molecule has 0 aliphatic carbocycles. The van der Waals surface area contributed by atoms with Crippen LogP contribution in [0.5, 0.6) is 11.5 Å². The molecule has 3 rings (SSSR count). The molecule has 0 saturated carbocycles. The van der Waals surface area contributed by atoms with Gasteiger partial charge in [0.25, 0.3) is 5.91 Å². The Morgan fingerprint density at radius 3 is 1.74 bits per heavy atom. The first kappa shape index (κ1) is 28.1. The number of carbonyl (C=O) groups is 2. The third-order valence-corrected chi connectivity index (χ3v) is 5.22. The zero-order chi connectivity index (χ0) is 27.4. The lowest BCUT2D eigenvalue weighted by Crippen LogP contribution is -2.32. The van der Waals surface area contributed by atoms with Crippen molar-refractivity contribution in [1.29, 1.82) is 0 Å². The summed E-state index contributed by atoms with van der Waals surface area (Å²) in [5.41, 5.74) is 2.40. The van der Waals surface area contributed by atoms with Crippen molar-refractivity contribution >= 4 is 17.7 Å². The number of amides is 2. The number of nitrogens with zero attached hydrogens (tertiary/aromatic N) is 1. The molecule has 0 aliphatic heterocycles. The Labute approximate surface area is 223 Å². The summed E-state index contributed by atoms with van der Waals surface area (Å²) in [5, 5.41) is 5.60. The van der Waals surface area contributed by atoms with Crippen molar-refractivity contribution < 1.29 is 23.8 Å². The second kappa shape index (κ2) is 13.7. The molecule has 3 aromatic rings. The van der Waals surface area contributed by atoms with Gasteiger partial charge < -0.3 is 24.8 Å². The minimum absolute atomic E-state index is 0.186. The molecule has 0 aliphatic rings. The molecular weight excluding hydrogens is 482 g/mol. The van der Waals surface area contributed by atoms with Crippen molar-refractivity contribution in [3.63, 3.8) is 0 Å². The molecular formula is C30H33N3O5. The molecule has 0 unspecified atom stereocenters. The maximum absolute atomic E-state index is 12.3. The molecule has 198 valence electrons. The molecule has 38 heavy (non-hydrogen) atoms. The Balaban J connectivity index is 1.30. The van der Waals surface area contributed by atoms with E-state index in [2.05, 4.69) is 15.5 Å². The highest BCUT2D eigenvalue weighted by Crippen LogP contribution is 2.16. The van der Waals surface area contributed by atoms with Crippen LogP contribution < -0.4 is 20.1 Å². The van der Waals surface area contributed by atoms with E-state index in [1.165, 1.54) is 0 Å². The summed E-state index contributed by atoms with van der Waals surface area (Å²) in [5.74, 6) is 1.31. The fourth-order valence-electron chi connectivity index (χ4n) is 3.31. The van der Waals surface area contributed by atoms with E-state index in [9.17, 15) is 9.59 Å².